The standard InChI is InChI=1S/C16H12N6O2/c23-13(11-7-3-1-4-8-11)17-15-19-21-16(22-20-15)18-14(24)12-9-5-2-6-10-12/h1-10H,(H,17,19,20,23)(H,18,21,22,24). The fraction of sp³-hybridized carbons (Fsp3) is 0. The first-order chi connectivity index (χ1) is 11.7. The minimum atomic E-state index is -0.375. The van der Waals surface area contributed by atoms with E-state index in [9.17, 15) is 9.59 Å². The largest absolute Gasteiger partial charge is 0.288 e. The highest BCUT2D eigenvalue weighted by Gasteiger charge is 2.10. The molecule has 0 aliphatic heterocycles. The Morgan fingerprint density at radius 1 is 0.583 bits per heavy atom. The van der Waals surface area contributed by atoms with Crippen LogP contribution in [0.15, 0.2) is 60.7 Å². The molecule has 8 nitrogen and oxygen atoms in total. The van der Waals surface area contributed by atoms with Crippen LogP contribution in [-0.4, -0.2) is 32.2 Å². The van der Waals surface area contributed by atoms with Gasteiger partial charge in [0.05, 0.1) is 0 Å². The number of amides is 2. The normalized spacial score (nSPS) is 10.0. The predicted octanol–water partition coefficient (Wildman–Crippen LogP) is 1.77. The molecular weight excluding hydrogens is 308 g/mol. The summed E-state index contributed by atoms with van der Waals surface area (Å²) in [5, 5.41) is 19.8. The molecule has 2 N–H and O–H groups in total. The van der Waals surface area contributed by atoms with Gasteiger partial charge < -0.3 is 0 Å². The third-order valence-corrected chi connectivity index (χ3v) is 3.00. The van der Waals surface area contributed by atoms with Crippen LogP contribution in [-0.2, 0) is 0 Å². The van der Waals surface area contributed by atoms with Crippen molar-refractivity contribution in [2.24, 2.45) is 0 Å². The molecule has 0 fully saturated rings. The third-order valence-electron chi connectivity index (χ3n) is 3.00. The first-order valence-electron chi connectivity index (χ1n) is 7.02. The molecule has 1 heterocycles. The minimum absolute atomic E-state index is 0.0541. The number of carbonyl (C=O) groups is 2. The number of hydrogen-bond donors (Lipinski definition) is 2. The number of aromatic nitrogens is 4. The number of rotatable bonds is 4. The Hall–Kier alpha value is -3.68. The van der Waals surface area contributed by atoms with E-state index < -0.39 is 0 Å². The summed E-state index contributed by atoms with van der Waals surface area (Å²) in [6.45, 7) is 0. The van der Waals surface area contributed by atoms with Crippen molar-refractivity contribution in [1.82, 2.24) is 20.4 Å². The molecule has 2 aromatic carbocycles. The van der Waals surface area contributed by atoms with Gasteiger partial charge in [0.1, 0.15) is 0 Å². The van der Waals surface area contributed by atoms with Gasteiger partial charge in [0, 0.05) is 11.1 Å². The number of nitrogens with one attached hydrogen (secondary N) is 2. The fourth-order valence-corrected chi connectivity index (χ4v) is 1.86. The van der Waals surface area contributed by atoms with Crippen molar-refractivity contribution in [3.8, 4) is 0 Å². The topological polar surface area (TPSA) is 110 Å². The van der Waals surface area contributed by atoms with Gasteiger partial charge in [-0.2, -0.15) is 0 Å². The van der Waals surface area contributed by atoms with Crippen molar-refractivity contribution >= 4 is 23.7 Å². The zero-order chi connectivity index (χ0) is 16.8. The van der Waals surface area contributed by atoms with E-state index in [4.69, 9.17) is 0 Å². The SMILES string of the molecule is O=C(Nc1nnc(NC(=O)c2ccccc2)nn1)c1ccccc1. The van der Waals surface area contributed by atoms with Gasteiger partial charge in [-0.15, -0.1) is 20.4 Å². The highest BCUT2D eigenvalue weighted by Crippen LogP contribution is 2.05. The van der Waals surface area contributed by atoms with Crippen LogP contribution in [0, 0.1) is 0 Å². The van der Waals surface area contributed by atoms with Crippen molar-refractivity contribution in [1.29, 1.82) is 0 Å². The fourth-order valence-electron chi connectivity index (χ4n) is 1.86. The van der Waals surface area contributed by atoms with E-state index in [1.807, 2.05) is 0 Å². The summed E-state index contributed by atoms with van der Waals surface area (Å²) in [7, 11) is 0. The van der Waals surface area contributed by atoms with Crippen LogP contribution in [0.5, 0.6) is 0 Å². The van der Waals surface area contributed by atoms with E-state index in [1.165, 1.54) is 0 Å². The Kier molecular flexibility index (Phi) is 4.47. The molecule has 0 saturated carbocycles. The Balaban J connectivity index is 1.63. The predicted molar refractivity (Wildman–Crippen MR) is 86.4 cm³/mol. The van der Waals surface area contributed by atoms with Gasteiger partial charge in [0.25, 0.3) is 23.7 Å². The average Bonchev–Trinajstić information content (AvgIpc) is 2.65. The average molecular weight is 320 g/mol. The summed E-state index contributed by atoms with van der Waals surface area (Å²) in [6, 6.07) is 17.2. The Bertz CT molecular complexity index is 765. The van der Waals surface area contributed by atoms with Crippen molar-refractivity contribution < 1.29 is 9.59 Å². The number of benzene rings is 2. The number of hydrogen-bond acceptors (Lipinski definition) is 6. The number of nitrogens with zero attached hydrogens (tertiary/aromatic N) is 4. The van der Waals surface area contributed by atoms with Crippen molar-refractivity contribution in [3.63, 3.8) is 0 Å². The first kappa shape index (κ1) is 15.2. The molecule has 3 aromatic rings. The lowest BCUT2D eigenvalue weighted by molar-refractivity contribution is 0.101. The molecule has 3 rings (SSSR count). The minimum Gasteiger partial charge on any atom is -0.288 e. The van der Waals surface area contributed by atoms with Gasteiger partial charge in [0.2, 0.25) is 0 Å². The maximum Gasteiger partial charge on any atom is 0.269 e. The van der Waals surface area contributed by atoms with E-state index in [2.05, 4.69) is 31.0 Å². The molecule has 8 heteroatoms. The molecule has 0 saturated heterocycles. The van der Waals surface area contributed by atoms with Gasteiger partial charge in [-0.1, -0.05) is 36.4 Å². The Labute approximate surface area is 137 Å². The lowest BCUT2D eigenvalue weighted by Crippen LogP contribution is -2.18. The van der Waals surface area contributed by atoms with E-state index in [0.717, 1.165) is 0 Å². The number of anilines is 2. The molecule has 0 radical (unpaired) electrons. The zero-order valence-electron chi connectivity index (χ0n) is 12.4. The Morgan fingerprint density at radius 3 is 1.25 bits per heavy atom. The molecular formula is C16H12N6O2. The quantitative estimate of drug-likeness (QED) is 0.758. The summed E-state index contributed by atoms with van der Waals surface area (Å²) < 4.78 is 0. The highest BCUT2D eigenvalue weighted by molar-refractivity contribution is 6.04. The maximum absolute atomic E-state index is 11.9. The van der Waals surface area contributed by atoms with Gasteiger partial charge in [-0.25, -0.2) is 0 Å². The summed E-state index contributed by atoms with van der Waals surface area (Å²) >= 11 is 0. The third kappa shape index (κ3) is 3.74. The second kappa shape index (κ2) is 7.05. The molecule has 118 valence electrons. The molecule has 0 unspecified atom stereocenters. The Morgan fingerprint density at radius 2 is 0.917 bits per heavy atom. The van der Waals surface area contributed by atoms with Crippen LogP contribution in [0.1, 0.15) is 20.7 Å². The first-order valence-corrected chi connectivity index (χ1v) is 7.02. The second-order valence-corrected chi connectivity index (χ2v) is 4.69. The highest BCUT2D eigenvalue weighted by atomic mass is 16.2. The lowest BCUT2D eigenvalue weighted by atomic mass is 10.2. The summed E-state index contributed by atoms with van der Waals surface area (Å²) in [5.74, 6) is -0.858. The molecule has 0 atom stereocenters. The molecule has 0 aliphatic rings. The second-order valence-electron chi connectivity index (χ2n) is 4.69. The smallest absolute Gasteiger partial charge is 0.269 e. The van der Waals surface area contributed by atoms with Crippen LogP contribution < -0.4 is 10.6 Å². The van der Waals surface area contributed by atoms with Crippen molar-refractivity contribution in [3.05, 3.63) is 71.8 Å². The summed E-state index contributed by atoms with van der Waals surface area (Å²) in [5.41, 5.74) is 0.921. The molecule has 0 aliphatic carbocycles. The number of carbonyl (C=O) groups excluding carboxylic acids is 2. The van der Waals surface area contributed by atoms with E-state index in [1.54, 1.807) is 60.7 Å². The van der Waals surface area contributed by atoms with Gasteiger partial charge in [-0.05, 0) is 24.3 Å². The van der Waals surface area contributed by atoms with Gasteiger partial charge in [0.15, 0.2) is 0 Å². The van der Waals surface area contributed by atoms with Crippen LogP contribution in [0.4, 0.5) is 11.9 Å². The van der Waals surface area contributed by atoms with E-state index in [0.29, 0.717) is 11.1 Å². The summed E-state index contributed by atoms with van der Waals surface area (Å²) in [6.07, 6.45) is 0. The molecule has 1 aromatic heterocycles. The van der Waals surface area contributed by atoms with Crippen LogP contribution in [0.25, 0.3) is 0 Å². The van der Waals surface area contributed by atoms with E-state index >= 15 is 0 Å². The van der Waals surface area contributed by atoms with Gasteiger partial charge in [-0.3, -0.25) is 20.2 Å². The lowest BCUT2D eigenvalue weighted by Gasteiger charge is -2.04. The molecule has 2 amide bonds. The molecule has 0 spiro atoms. The molecule has 24 heavy (non-hydrogen) atoms. The van der Waals surface area contributed by atoms with Crippen molar-refractivity contribution in [2.75, 3.05) is 10.6 Å². The van der Waals surface area contributed by atoms with Gasteiger partial charge >= 0.3 is 0 Å². The maximum atomic E-state index is 11.9. The summed E-state index contributed by atoms with van der Waals surface area (Å²) in [4.78, 5) is 23.9. The van der Waals surface area contributed by atoms with Crippen molar-refractivity contribution in [2.45, 2.75) is 0 Å². The zero-order valence-corrected chi connectivity index (χ0v) is 12.4. The van der Waals surface area contributed by atoms with Crippen LogP contribution in [0.2, 0.25) is 0 Å². The molecule has 0 bridgehead atoms. The monoisotopic (exact) mass is 320 g/mol. The van der Waals surface area contributed by atoms with E-state index in [-0.39, 0.29) is 23.7 Å². The van der Waals surface area contributed by atoms with Crippen LogP contribution >= 0.6 is 0 Å². The van der Waals surface area contributed by atoms with Crippen LogP contribution in [0.3, 0.4) is 0 Å².